The Bertz CT molecular complexity index is 870. The van der Waals surface area contributed by atoms with E-state index in [9.17, 15) is 8.42 Å². The second kappa shape index (κ2) is 7.40. The predicted molar refractivity (Wildman–Crippen MR) is 99.3 cm³/mol. The zero-order valence-corrected chi connectivity index (χ0v) is 15.4. The Balaban J connectivity index is 1.81. The van der Waals surface area contributed by atoms with Crippen molar-refractivity contribution in [1.29, 1.82) is 0 Å². The van der Waals surface area contributed by atoms with E-state index in [0.717, 1.165) is 36.8 Å². The average Bonchev–Trinajstić information content (AvgIpc) is 2.66. The Morgan fingerprint density at radius 3 is 2.52 bits per heavy atom. The molecule has 0 saturated heterocycles. The summed E-state index contributed by atoms with van der Waals surface area (Å²) in [7, 11) is -3.90. The zero-order valence-electron chi connectivity index (χ0n) is 14.6. The highest BCUT2D eigenvalue weighted by molar-refractivity contribution is 7.86. The van der Waals surface area contributed by atoms with Gasteiger partial charge in [0.25, 0.3) is 0 Å². The van der Waals surface area contributed by atoms with Crippen LogP contribution in [0, 0.1) is 0 Å². The first-order chi connectivity index (χ1) is 12.0. The average molecular weight is 357 g/mol. The van der Waals surface area contributed by atoms with Crippen LogP contribution in [0.15, 0.2) is 58.6 Å². The van der Waals surface area contributed by atoms with Gasteiger partial charge in [0.2, 0.25) is 0 Å². The molecular weight excluding hydrogens is 334 g/mol. The van der Waals surface area contributed by atoms with Crippen LogP contribution in [-0.2, 0) is 20.8 Å². The molecule has 2 aromatic carbocycles. The minimum Gasteiger partial charge on any atom is -0.264 e. The third kappa shape index (κ3) is 3.93. The molecule has 5 heteroatoms. The molecule has 25 heavy (non-hydrogen) atoms. The van der Waals surface area contributed by atoms with Gasteiger partial charge in [-0.3, -0.25) is 4.28 Å². The maximum atomic E-state index is 12.4. The van der Waals surface area contributed by atoms with E-state index >= 15 is 0 Å². The van der Waals surface area contributed by atoms with Crippen LogP contribution < -0.4 is 0 Å². The van der Waals surface area contributed by atoms with E-state index in [0.29, 0.717) is 11.6 Å². The Kier molecular flexibility index (Phi) is 5.23. The van der Waals surface area contributed by atoms with Crippen LogP contribution in [0.25, 0.3) is 0 Å². The van der Waals surface area contributed by atoms with Gasteiger partial charge in [-0.2, -0.15) is 8.42 Å². The quantitative estimate of drug-likeness (QED) is 0.732. The molecule has 0 bridgehead atoms. The van der Waals surface area contributed by atoms with Crippen molar-refractivity contribution in [3.63, 3.8) is 0 Å². The highest BCUT2D eigenvalue weighted by Crippen LogP contribution is 2.24. The molecule has 0 aliphatic heterocycles. The molecule has 0 heterocycles. The monoisotopic (exact) mass is 357 g/mol. The first kappa shape index (κ1) is 17.7. The van der Waals surface area contributed by atoms with Gasteiger partial charge in [0.05, 0.1) is 5.71 Å². The molecule has 0 radical (unpaired) electrons. The maximum Gasteiger partial charge on any atom is 0.358 e. The van der Waals surface area contributed by atoms with Crippen LogP contribution in [0.4, 0.5) is 0 Å². The fourth-order valence-corrected chi connectivity index (χ4v) is 3.78. The standard InChI is InChI=1S/C20H23NO3S/c1-3-15(2)16-11-13-18(14-12-16)25(22,23)24-21-20-10-6-8-17-7-4-5-9-19(17)20/h4-5,7,9,11-15H,3,6,8,10H2,1-2H3/b21-20+. The second-order valence-corrected chi connectivity index (χ2v) is 7.98. The van der Waals surface area contributed by atoms with Gasteiger partial charge < -0.3 is 0 Å². The van der Waals surface area contributed by atoms with E-state index in [-0.39, 0.29) is 4.90 Å². The molecule has 1 atom stereocenters. The maximum absolute atomic E-state index is 12.4. The lowest BCUT2D eigenvalue weighted by Crippen LogP contribution is -2.13. The van der Waals surface area contributed by atoms with Gasteiger partial charge in [0.1, 0.15) is 4.90 Å². The van der Waals surface area contributed by atoms with Crippen LogP contribution in [0.1, 0.15) is 55.7 Å². The van der Waals surface area contributed by atoms with E-state index in [1.165, 1.54) is 5.56 Å². The molecule has 0 N–H and O–H groups in total. The lowest BCUT2D eigenvalue weighted by molar-refractivity contribution is 0.337. The fourth-order valence-electron chi connectivity index (χ4n) is 3.03. The summed E-state index contributed by atoms with van der Waals surface area (Å²) in [6, 6.07) is 14.8. The molecule has 1 unspecified atom stereocenters. The van der Waals surface area contributed by atoms with Crippen molar-refractivity contribution in [3.05, 3.63) is 65.2 Å². The van der Waals surface area contributed by atoms with Gasteiger partial charge in [0, 0.05) is 5.56 Å². The number of nitrogens with zero attached hydrogens (tertiary/aromatic N) is 1. The SMILES string of the molecule is CCC(C)c1ccc(S(=O)(=O)O/N=C2\CCCc3ccccc32)cc1. The molecule has 0 spiro atoms. The fraction of sp³-hybridized carbons (Fsp3) is 0.350. The molecule has 2 aromatic rings. The summed E-state index contributed by atoms with van der Waals surface area (Å²) in [6.07, 6.45) is 3.66. The lowest BCUT2D eigenvalue weighted by Gasteiger charge is -2.16. The van der Waals surface area contributed by atoms with Crippen molar-refractivity contribution < 1.29 is 12.7 Å². The van der Waals surface area contributed by atoms with Crippen molar-refractivity contribution in [2.45, 2.75) is 50.3 Å². The van der Waals surface area contributed by atoms with Gasteiger partial charge in [-0.1, -0.05) is 55.4 Å². The van der Waals surface area contributed by atoms with Crippen LogP contribution in [0.2, 0.25) is 0 Å². The number of hydrogen-bond acceptors (Lipinski definition) is 4. The number of rotatable bonds is 5. The van der Waals surface area contributed by atoms with Crippen LogP contribution >= 0.6 is 0 Å². The minimum absolute atomic E-state index is 0.132. The van der Waals surface area contributed by atoms with E-state index in [1.807, 2.05) is 36.4 Å². The van der Waals surface area contributed by atoms with Gasteiger partial charge in [0.15, 0.2) is 0 Å². The topological polar surface area (TPSA) is 55.7 Å². The molecule has 1 aliphatic carbocycles. The molecule has 0 amide bonds. The summed E-state index contributed by atoms with van der Waals surface area (Å²) in [5, 5.41) is 3.97. The summed E-state index contributed by atoms with van der Waals surface area (Å²) in [5.41, 5.74) is 3.98. The van der Waals surface area contributed by atoms with E-state index in [1.54, 1.807) is 12.1 Å². The highest BCUT2D eigenvalue weighted by Gasteiger charge is 2.19. The number of benzene rings is 2. The van der Waals surface area contributed by atoms with Crippen LogP contribution in [-0.4, -0.2) is 14.1 Å². The Morgan fingerprint density at radius 1 is 1.08 bits per heavy atom. The molecule has 0 saturated carbocycles. The van der Waals surface area contributed by atoms with Gasteiger partial charge in [-0.15, -0.1) is 0 Å². The van der Waals surface area contributed by atoms with Crippen LogP contribution in [0.5, 0.6) is 0 Å². The molecule has 0 aromatic heterocycles. The summed E-state index contributed by atoms with van der Waals surface area (Å²) in [4.78, 5) is 0.132. The molecule has 1 aliphatic rings. The van der Waals surface area contributed by atoms with E-state index in [4.69, 9.17) is 4.28 Å². The molecule has 4 nitrogen and oxygen atoms in total. The third-order valence-electron chi connectivity index (χ3n) is 4.78. The Hall–Kier alpha value is -2.14. The number of aryl methyl sites for hydroxylation is 1. The predicted octanol–water partition coefficient (Wildman–Crippen LogP) is 4.65. The smallest absolute Gasteiger partial charge is 0.264 e. The summed E-state index contributed by atoms with van der Waals surface area (Å²) >= 11 is 0. The lowest BCUT2D eigenvalue weighted by atomic mass is 9.90. The normalized spacial score (nSPS) is 17.1. The molecule has 132 valence electrons. The van der Waals surface area contributed by atoms with Crippen molar-refractivity contribution in [2.75, 3.05) is 0 Å². The summed E-state index contributed by atoms with van der Waals surface area (Å²) < 4.78 is 29.8. The summed E-state index contributed by atoms with van der Waals surface area (Å²) in [6.45, 7) is 4.23. The Morgan fingerprint density at radius 2 is 1.80 bits per heavy atom. The number of hydrogen-bond donors (Lipinski definition) is 0. The van der Waals surface area contributed by atoms with Gasteiger partial charge in [-0.05, 0) is 54.9 Å². The number of oxime groups is 1. The largest absolute Gasteiger partial charge is 0.358 e. The first-order valence-electron chi connectivity index (χ1n) is 8.70. The summed E-state index contributed by atoms with van der Waals surface area (Å²) in [5.74, 6) is 0.400. The van der Waals surface area contributed by atoms with Gasteiger partial charge in [-0.25, -0.2) is 0 Å². The molecule has 0 fully saturated rings. The molecular formula is C20H23NO3S. The van der Waals surface area contributed by atoms with Crippen molar-refractivity contribution >= 4 is 15.8 Å². The number of fused-ring (bicyclic) bond motifs is 1. The highest BCUT2D eigenvalue weighted by atomic mass is 32.2. The van der Waals surface area contributed by atoms with Crippen molar-refractivity contribution in [1.82, 2.24) is 0 Å². The van der Waals surface area contributed by atoms with Crippen LogP contribution in [0.3, 0.4) is 0 Å². The van der Waals surface area contributed by atoms with E-state index in [2.05, 4.69) is 19.0 Å². The third-order valence-corrected chi connectivity index (χ3v) is 5.90. The molecule has 3 rings (SSSR count). The zero-order chi connectivity index (χ0) is 17.9. The first-order valence-corrected chi connectivity index (χ1v) is 10.1. The van der Waals surface area contributed by atoms with Crippen molar-refractivity contribution in [3.8, 4) is 0 Å². The second-order valence-electron chi connectivity index (χ2n) is 6.46. The van der Waals surface area contributed by atoms with Gasteiger partial charge >= 0.3 is 10.1 Å². The van der Waals surface area contributed by atoms with E-state index < -0.39 is 10.1 Å². The Labute approximate surface area is 149 Å². The van der Waals surface area contributed by atoms with Crippen molar-refractivity contribution in [2.24, 2.45) is 5.16 Å². The minimum atomic E-state index is -3.90.